The lowest BCUT2D eigenvalue weighted by Crippen LogP contribution is -2.22. The molecule has 0 saturated heterocycles. The minimum Gasteiger partial charge on any atom is -0.493 e. The number of rotatable bonds is 5. The number of benzene rings is 1. The average molecular weight is 569 g/mol. The van der Waals surface area contributed by atoms with Gasteiger partial charge in [0, 0.05) is 50.8 Å². The number of hydrogen-bond donors (Lipinski definition) is 0. The van der Waals surface area contributed by atoms with E-state index in [-0.39, 0.29) is 0 Å². The number of azide groups is 1. The van der Waals surface area contributed by atoms with Crippen LogP contribution in [0.25, 0.3) is 10.4 Å². The van der Waals surface area contributed by atoms with Crippen molar-refractivity contribution in [2.75, 3.05) is 66.8 Å². The van der Waals surface area contributed by atoms with Crippen molar-refractivity contribution in [2.45, 2.75) is 32.1 Å². The lowest BCUT2D eigenvalue weighted by Gasteiger charge is -2.17. The summed E-state index contributed by atoms with van der Waals surface area (Å²) in [5, 5.41) is 15.3. The molecule has 0 aliphatic carbocycles. The molecule has 0 saturated carbocycles. The minimum atomic E-state index is 0.361. The van der Waals surface area contributed by atoms with Gasteiger partial charge in [0.1, 0.15) is 19.0 Å². The maximum absolute atomic E-state index is 8.42. The Morgan fingerprint density at radius 2 is 1.46 bits per heavy atom. The van der Waals surface area contributed by atoms with Gasteiger partial charge in [-0.05, 0) is 48.8 Å². The molecule has 41 heavy (non-hydrogen) atoms. The van der Waals surface area contributed by atoms with Crippen molar-refractivity contribution in [2.24, 2.45) is 15.4 Å². The maximum Gasteiger partial charge on any atom is 0.123 e. The number of aromatic nitrogens is 1. The van der Waals surface area contributed by atoms with Gasteiger partial charge in [0.2, 0.25) is 0 Å². The van der Waals surface area contributed by atoms with Crippen molar-refractivity contribution < 1.29 is 24.1 Å². The van der Waals surface area contributed by atoms with E-state index in [4.69, 9.17) is 29.6 Å². The molecule has 0 amide bonds. The minimum absolute atomic E-state index is 0.361. The Balaban J connectivity index is 1.60. The highest BCUT2D eigenvalue weighted by Gasteiger charge is 2.05. The number of nitrogens with zero attached hydrogens (tertiary/aromatic N) is 8. The van der Waals surface area contributed by atoms with E-state index < -0.39 is 0 Å². The summed E-state index contributed by atoms with van der Waals surface area (Å²) in [5.41, 5.74) is 12.0. The maximum atomic E-state index is 8.42. The predicted octanol–water partition coefficient (Wildman–Crippen LogP) is 4.17. The third kappa shape index (κ3) is 13.9. The fraction of sp³-hybridized carbons (Fsp3) is 0.536. The molecule has 0 unspecified atom stereocenters. The molecule has 222 valence electrons. The Bertz CT molecular complexity index is 1070. The van der Waals surface area contributed by atoms with E-state index in [9.17, 15) is 0 Å². The lowest BCUT2D eigenvalue weighted by atomic mass is 10.1. The number of ether oxygens (including phenoxy) is 1. The van der Waals surface area contributed by atoms with Gasteiger partial charge in [0.05, 0.1) is 43.6 Å². The van der Waals surface area contributed by atoms with Crippen molar-refractivity contribution in [3.63, 3.8) is 0 Å². The number of pyridine rings is 1. The van der Waals surface area contributed by atoms with E-state index in [1.807, 2.05) is 24.2 Å². The first-order valence-electron chi connectivity index (χ1n) is 13.8. The summed E-state index contributed by atoms with van der Waals surface area (Å²) in [6.07, 6.45) is 6.79. The lowest BCUT2D eigenvalue weighted by molar-refractivity contribution is -0.141. The Morgan fingerprint density at radius 1 is 0.878 bits per heavy atom. The fourth-order valence-electron chi connectivity index (χ4n) is 3.83. The smallest absolute Gasteiger partial charge is 0.123 e. The molecule has 1 aliphatic heterocycles. The van der Waals surface area contributed by atoms with Crippen molar-refractivity contribution in [1.29, 1.82) is 0 Å². The fourth-order valence-corrected chi connectivity index (χ4v) is 3.83. The highest BCUT2D eigenvalue weighted by molar-refractivity contribution is 5.82. The van der Waals surface area contributed by atoms with Crippen LogP contribution in [0.2, 0.25) is 0 Å². The summed E-state index contributed by atoms with van der Waals surface area (Å²) < 4.78 is 5.80. The molecule has 2 heterocycles. The second-order valence-electron chi connectivity index (χ2n) is 9.34. The molecule has 0 spiro atoms. The summed E-state index contributed by atoms with van der Waals surface area (Å²) in [7, 11) is 3.83. The summed E-state index contributed by atoms with van der Waals surface area (Å²) in [5.74, 6) is 0.584. The predicted molar refractivity (Wildman–Crippen MR) is 156 cm³/mol. The van der Waals surface area contributed by atoms with E-state index in [1.165, 1.54) is 23.6 Å². The molecule has 0 N–H and O–H groups in total. The molecule has 13 nitrogen and oxygen atoms in total. The van der Waals surface area contributed by atoms with Gasteiger partial charge < -0.3 is 14.4 Å². The van der Waals surface area contributed by atoms with Crippen LogP contribution < -0.4 is 4.74 Å². The third-order valence-electron chi connectivity index (χ3n) is 5.91. The van der Waals surface area contributed by atoms with Gasteiger partial charge in [0.15, 0.2) is 0 Å². The zero-order valence-corrected chi connectivity index (χ0v) is 23.9. The summed E-state index contributed by atoms with van der Waals surface area (Å²) in [6.45, 7) is 4.22. The highest BCUT2D eigenvalue weighted by Crippen LogP contribution is 2.14. The summed E-state index contributed by atoms with van der Waals surface area (Å²) >= 11 is 0. The van der Waals surface area contributed by atoms with Gasteiger partial charge in [-0.15, -0.1) is 0 Å². The van der Waals surface area contributed by atoms with Gasteiger partial charge in [-0.3, -0.25) is 9.68 Å². The molecular weight excluding hydrogens is 528 g/mol. The second-order valence-corrected chi connectivity index (χ2v) is 9.34. The monoisotopic (exact) mass is 568 g/mol. The molecule has 0 atom stereocenters. The SMILES string of the molecule is CN1CCCO/N=C\c2cc(OCCCN=[N+]=[N-])cc(n2)/C=N\OCCCN(C)OCCc2cccc(c2)CCO1. The second kappa shape index (κ2) is 19.4. The molecule has 0 fully saturated rings. The molecule has 1 aromatic heterocycles. The van der Waals surface area contributed by atoms with Gasteiger partial charge in [-0.25, -0.2) is 4.98 Å². The van der Waals surface area contributed by atoms with Gasteiger partial charge in [0.25, 0.3) is 0 Å². The van der Waals surface area contributed by atoms with Crippen molar-refractivity contribution in [3.8, 4) is 5.75 Å². The molecule has 3 rings (SSSR count). The van der Waals surface area contributed by atoms with Crippen LogP contribution in [0.1, 0.15) is 41.8 Å². The number of hydrogen-bond acceptors (Lipinski definition) is 11. The first-order chi connectivity index (χ1) is 20.1. The molecule has 4 bridgehead atoms. The standard InChI is InChI=1S/C28H40N8O5/c1-35-12-5-15-38-31-22-26-20-28(37-14-4-11-30-34-29)21-27(33-26)23-32-39-16-6-13-36(2)41-18-10-25-8-3-7-24(19-25)9-17-40-35/h3,7-8,19-23H,4-6,9-18H2,1-2H3/b31-22-,32-23-. The van der Waals surface area contributed by atoms with Crippen LogP contribution in [0, 0.1) is 0 Å². The van der Waals surface area contributed by atoms with Crippen molar-refractivity contribution >= 4 is 12.4 Å². The summed E-state index contributed by atoms with van der Waals surface area (Å²) in [6, 6.07) is 12.0. The zero-order valence-electron chi connectivity index (χ0n) is 23.9. The van der Waals surface area contributed by atoms with Crippen LogP contribution in [-0.2, 0) is 32.2 Å². The van der Waals surface area contributed by atoms with Gasteiger partial charge in [-0.2, -0.15) is 10.1 Å². The Labute approximate surface area is 241 Å². The van der Waals surface area contributed by atoms with Crippen molar-refractivity contribution in [3.05, 3.63) is 69.4 Å². The van der Waals surface area contributed by atoms with Crippen LogP contribution in [0.3, 0.4) is 0 Å². The van der Waals surface area contributed by atoms with E-state index in [1.54, 1.807) is 12.1 Å². The van der Waals surface area contributed by atoms with Crippen LogP contribution >= 0.6 is 0 Å². The van der Waals surface area contributed by atoms with Crippen LogP contribution in [0.4, 0.5) is 0 Å². The van der Waals surface area contributed by atoms with E-state index in [0.717, 1.165) is 25.7 Å². The molecule has 0 radical (unpaired) electrons. The number of hydroxylamine groups is 4. The largest absolute Gasteiger partial charge is 0.493 e. The Morgan fingerprint density at radius 3 is 2.02 bits per heavy atom. The number of oxime groups is 2. The number of fused-ring (bicyclic) bond motifs is 4. The van der Waals surface area contributed by atoms with E-state index in [0.29, 0.717) is 76.2 Å². The average Bonchev–Trinajstić information content (AvgIpc) is 2.96. The molecule has 2 aromatic rings. The first-order valence-corrected chi connectivity index (χ1v) is 13.8. The molecule has 1 aromatic carbocycles. The third-order valence-corrected chi connectivity index (χ3v) is 5.91. The topological polar surface area (TPSA) is 139 Å². The van der Waals surface area contributed by atoms with Crippen LogP contribution in [-0.4, -0.2) is 94.3 Å². The van der Waals surface area contributed by atoms with E-state index in [2.05, 4.69) is 49.6 Å². The highest BCUT2D eigenvalue weighted by atomic mass is 16.7. The quantitative estimate of drug-likeness (QED) is 0.227. The molecular formula is C28H40N8O5. The summed E-state index contributed by atoms with van der Waals surface area (Å²) in [4.78, 5) is 29.8. The first kappa shape index (κ1) is 31.8. The normalized spacial score (nSPS) is 18.7. The molecule has 13 heteroatoms. The zero-order chi connectivity index (χ0) is 29.0. The van der Waals surface area contributed by atoms with Crippen molar-refractivity contribution in [1.82, 2.24) is 15.1 Å². The van der Waals surface area contributed by atoms with E-state index >= 15 is 0 Å². The van der Waals surface area contributed by atoms with Crippen LogP contribution in [0.15, 0.2) is 51.8 Å². The van der Waals surface area contributed by atoms with Crippen LogP contribution in [0.5, 0.6) is 5.75 Å². The van der Waals surface area contributed by atoms with Gasteiger partial charge in [-0.1, -0.05) is 39.7 Å². The molecule has 1 aliphatic rings. The Kier molecular flexibility index (Phi) is 15.0. The van der Waals surface area contributed by atoms with Gasteiger partial charge >= 0.3 is 0 Å². The Hall–Kier alpha value is -3.74.